The van der Waals surface area contributed by atoms with E-state index in [1.165, 1.54) is 18.6 Å². The van der Waals surface area contributed by atoms with E-state index in [0.29, 0.717) is 11.5 Å². The summed E-state index contributed by atoms with van der Waals surface area (Å²) >= 11 is 3.50. The maximum Gasteiger partial charge on any atom is 0.270 e. The van der Waals surface area contributed by atoms with Crippen LogP contribution in [0.25, 0.3) is 0 Å². The van der Waals surface area contributed by atoms with Gasteiger partial charge in [0, 0.05) is 29.1 Å². The Balaban J connectivity index is 2.16. The number of hydrogen-bond acceptors (Lipinski definition) is 3. The first-order chi connectivity index (χ1) is 10.0. The largest absolute Gasteiger partial charge is 0.349 e. The molecule has 1 aromatic rings. The Kier molecular flexibility index (Phi) is 5.33. The highest BCUT2D eigenvalue weighted by Gasteiger charge is 2.26. The second-order valence-corrected chi connectivity index (χ2v) is 6.18. The zero-order chi connectivity index (χ0) is 15.4. The first-order valence-electron chi connectivity index (χ1n) is 7.14. The van der Waals surface area contributed by atoms with Gasteiger partial charge in [-0.25, -0.2) is 0 Å². The summed E-state index contributed by atoms with van der Waals surface area (Å²) in [6.45, 7) is 1.79. The van der Waals surface area contributed by atoms with Crippen molar-refractivity contribution in [3.8, 4) is 0 Å². The molecule has 5 nitrogen and oxygen atoms in total. The van der Waals surface area contributed by atoms with Gasteiger partial charge >= 0.3 is 0 Å². The van der Waals surface area contributed by atoms with Crippen molar-refractivity contribution >= 4 is 27.5 Å². The second kappa shape index (κ2) is 7.02. The third-order valence-corrected chi connectivity index (χ3v) is 4.93. The Labute approximate surface area is 132 Å². The molecule has 0 bridgehead atoms. The topological polar surface area (TPSA) is 72.2 Å². The minimum absolute atomic E-state index is 0.0496. The summed E-state index contributed by atoms with van der Waals surface area (Å²) in [5.74, 6) is 0.218. The van der Waals surface area contributed by atoms with Gasteiger partial charge in [0.15, 0.2) is 0 Å². The van der Waals surface area contributed by atoms with Crippen LogP contribution < -0.4 is 5.32 Å². The molecule has 1 saturated carbocycles. The number of alkyl halides is 1. The number of nitrogens with one attached hydrogen (secondary N) is 1. The Bertz CT molecular complexity index is 548. The molecule has 0 aromatic heterocycles. The first kappa shape index (κ1) is 15.9. The van der Waals surface area contributed by atoms with Gasteiger partial charge in [-0.1, -0.05) is 34.8 Å². The van der Waals surface area contributed by atoms with E-state index in [9.17, 15) is 14.9 Å². The van der Waals surface area contributed by atoms with Crippen LogP contribution in [0.15, 0.2) is 18.2 Å². The van der Waals surface area contributed by atoms with Gasteiger partial charge in [-0.05, 0) is 31.2 Å². The standard InChI is InChI=1S/C15H19BrN2O3/c1-10-6-7-12(18(20)21)8-13(10)15(19)17-14-5-3-2-4-11(14)9-16/h6-8,11,14H,2-5,9H2,1H3,(H,17,19). The van der Waals surface area contributed by atoms with Crippen LogP contribution in [0.3, 0.4) is 0 Å². The van der Waals surface area contributed by atoms with Gasteiger partial charge in [0.05, 0.1) is 4.92 Å². The molecule has 6 heteroatoms. The summed E-state index contributed by atoms with van der Waals surface area (Å²) in [5.41, 5.74) is 1.10. The second-order valence-electron chi connectivity index (χ2n) is 5.54. The van der Waals surface area contributed by atoms with Crippen molar-refractivity contribution in [3.05, 3.63) is 39.4 Å². The molecule has 114 valence electrons. The number of rotatable bonds is 4. The summed E-state index contributed by atoms with van der Waals surface area (Å²) in [5, 5.41) is 14.8. The van der Waals surface area contributed by atoms with Crippen LogP contribution in [0.2, 0.25) is 0 Å². The number of carbonyl (C=O) groups is 1. The molecular formula is C15H19BrN2O3. The number of halogens is 1. The highest BCUT2D eigenvalue weighted by Crippen LogP contribution is 2.26. The fourth-order valence-electron chi connectivity index (χ4n) is 2.80. The van der Waals surface area contributed by atoms with Crippen molar-refractivity contribution in [2.24, 2.45) is 5.92 Å². The zero-order valence-electron chi connectivity index (χ0n) is 12.0. The fourth-order valence-corrected chi connectivity index (χ4v) is 3.57. The van der Waals surface area contributed by atoms with Crippen LogP contribution in [-0.2, 0) is 0 Å². The van der Waals surface area contributed by atoms with Crippen molar-refractivity contribution < 1.29 is 9.72 Å². The molecule has 2 rings (SSSR count). The Morgan fingerprint density at radius 3 is 2.81 bits per heavy atom. The van der Waals surface area contributed by atoms with Crippen LogP contribution >= 0.6 is 15.9 Å². The molecule has 1 N–H and O–H groups in total. The van der Waals surface area contributed by atoms with E-state index < -0.39 is 4.92 Å². The lowest BCUT2D eigenvalue weighted by Gasteiger charge is -2.31. The van der Waals surface area contributed by atoms with Crippen LogP contribution in [0.4, 0.5) is 5.69 Å². The van der Waals surface area contributed by atoms with Crippen molar-refractivity contribution in [1.82, 2.24) is 5.32 Å². The normalized spacial score (nSPS) is 21.8. The number of hydrogen-bond donors (Lipinski definition) is 1. The lowest BCUT2D eigenvalue weighted by atomic mass is 9.85. The monoisotopic (exact) mass is 354 g/mol. The SMILES string of the molecule is Cc1ccc([N+](=O)[O-])cc1C(=O)NC1CCCCC1CBr. The smallest absolute Gasteiger partial charge is 0.270 e. The number of amides is 1. The van der Waals surface area contributed by atoms with E-state index in [-0.39, 0.29) is 17.6 Å². The highest BCUT2D eigenvalue weighted by molar-refractivity contribution is 9.09. The molecule has 1 fully saturated rings. The van der Waals surface area contributed by atoms with Crippen LogP contribution in [0.5, 0.6) is 0 Å². The lowest BCUT2D eigenvalue weighted by Crippen LogP contribution is -2.42. The summed E-state index contributed by atoms with van der Waals surface area (Å²) in [4.78, 5) is 22.8. The van der Waals surface area contributed by atoms with Crippen molar-refractivity contribution in [2.75, 3.05) is 5.33 Å². The van der Waals surface area contributed by atoms with Crippen molar-refractivity contribution in [3.63, 3.8) is 0 Å². The molecule has 2 unspecified atom stereocenters. The lowest BCUT2D eigenvalue weighted by molar-refractivity contribution is -0.384. The van der Waals surface area contributed by atoms with Crippen molar-refractivity contribution in [1.29, 1.82) is 0 Å². The molecule has 21 heavy (non-hydrogen) atoms. The number of non-ortho nitro benzene ring substituents is 1. The molecule has 1 amide bonds. The van der Waals surface area contributed by atoms with Crippen LogP contribution in [0.1, 0.15) is 41.6 Å². The molecule has 0 saturated heterocycles. The Morgan fingerprint density at radius 1 is 1.43 bits per heavy atom. The van der Waals surface area contributed by atoms with Gasteiger partial charge in [-0.3, -0.25) is 14.9 Å². The van der Waals surface area contributed by atoms with E-state index in [0.717, 1.165) is 30.2 Å². The number of carbonyl (C=O) groups excluding carboxylic acids is 1. The Hall–Kier alpha value is -1.43. The highest BCUT2D eigenvalue weighted by atomic mass is 79.9. The molecule has 2 atom stereocenters. The molecule has 1 aromatic carbocycles. The summed E-state index contributed by atoms with van der Waals surface area (Å²) in [6.07, 6.45) is 4.38. The van der Waals surface area contributed by atoms with Crippen LogP contribution in [-0.4, -0.2) is 22.2 Å². The van der Waals surface area contributed by atoms with Gasteiger partial charge in [-0.2, -0.15) is 0 Å². The number of aryl methyl sites for hydroxylation is 1. The molecule has 1 aliphatic carbocycles. The van der Waals surface area contributed by atoms with Gasteiger partial charge < -0.3 is 5.32 Å². The molecule has 1 aliphatic rings. The number of nitro groups is 1. The van der Waals surface area contributed by atoms with Crippen LogP contribution in [0, 0.1) is 23.0 Å². The molecule has 0 aliphatic heterocycles. The first-order valence-corrected chi connectivity index (χ1v) is 8.27. The predicted molar refractivity (Wildman–Crippen MR) is 84.8 cm³/mol. The van der Waals surface area contributed by atoms with Gasteiger partial charge in [0.25, 0.3) is 11.6 Å². The molecular weight excluding hydrogens is 336 g/mol. The quantitative estimate of drug-likeness (QED) is 0.510. The Morgan fingerprint density at radius 2 is 2.14 bits per heavy atom. The number of nitro benzene ring substituents is 1. The van der Waals surface area contributed by atoms with E-state index >= 15 is 0 Å². The predicted octanol–water partition coefficient (Wildman–Crippen LogP) is 3.59. The summed E-state index contributed by atoms with van der Waals surface area (Å²) in [7, 11) is 0. The van der Waals surface area contributed by atoms with E-state index in [1.807, 2.05) is 0 Å². The van der Waals surface area contributed by atoms with Gasteiger partial charge in [-0.15, -0.1) is 0 Å². The van der Waals surface area contributed by atoms with Gasteiger partial charge in [0.2, 0.25) is 0 Å². The summed E-state index contributed by atoms with van der Waals surface area (Å²) in [6, 6.07) is 4.55. The third kappa shape index (κ3) is 3.81. The third-order valence-electron chi connectivity index (χ3n) is 4.10. The fraction of sp³-hybridized carbons (Fsp3) is 0.533. The minimum Gasteiger partial charge on any atom is -0.349 e. The maximum atomic E-state index is 12.4. The molecule has 0 radical (unpaired) electrons. The van der Waals surface area contributed by atoms with E-state index in [1.54, 1.807) is 13.0 Å². The maximum absolute atomic E-state index is 12.4. The van der Waals surface area contributed by atoms with Crippen molar-refractivity contribution in [2.45, 2.75) is 38.6 Å². The average Bonchev–Trinajstić information content (AvgIpc) is 2.47. The minimum atomic E-state index is -0.474. The van der Waals surface area contributed by atoms with Gasteiger partial charge in [0.1, 0.15) is 0 Å². The molecule has 0 spiro atoms. The van der Waals surface area contributed by atoms with E-state index in [2.05, 4.69) is 21.2 Å². The summed E-state index contributed by atoms with van der Waals surface area (Å²) < 4.78 is 0. The number of nitrogens with zero attached hydrogens (tertiary/aromatic N) is 1. The number of benzene rings is 1. The van der Waals surface area contributed by atoms with E-state index in [4.69, 9.17) is 0 Å². The molecule has 0 heterocycles. The average molecular weight is 355 g/mol. The zero-order valence-corrected chi connectivity index (χ0v) is 13.6.